The number of hydrogen-bond donors (Lipinski definition) is 1. The first kappa shape index (κ1) is 19.4. The molecule has 30 heavy (non-hydrogen) atoms. The summed E-state index contributed by atoms with van der Waals surface area (Å²) in [6, 6.07) is 19.1. The van der Waals surface area contributed by atoms with Crippen molar-refractivity contribution in [3.05, 3.63) is 72.1 Å². The Labute approximate surface area is 173 Å². The molecule has 0 saturated carbocycles. The number of amides is 1. The molecule has 0 radical (unpaired) electrons. The highest BCUT2D eigenvalue weighted by Crippen LogP contribution is 2.30. The summed E-state index contributed by atoms with van der Waals surface area (Å²) in [6.45, 7) is 0. The zero-order valence-electron chi connectivity index (χ0n) is 16.6. The molecule has 0 spiro atoms. The number of methoxy groups -OCH3 is 2. The number of tetrazole rings is 1. The van der Waals surface area contributed by atoms with Crippen molar-refractivity contribution in [3.8, 4) is 11.5 Å². The molecule has 3 aromatic carbocycles. The Morgan fingerprint density at radius 2 is 1.90 bits per heavy atom. The van der Waals surface area contributed by atoms with Gasteiger partial charge in [0.25, 0.3) is 0 Å². The zero-order valence-corrected chi connectivity index (χ0v) is 16.6. The van der Waals surface area contributed by atoms with E-state index >= 15 is 0 Å². The molecule has 8 nitrogen and oxygen atoms in total. The molecule has 4 rings (SSSR count). The molecule has 1 N–H and O–H groups in total. The first-order chi connectivity index (χ1) is 14.7. The fourth-order valence-corrected chi connectivity index (χ4v) is 3.39. The van der Waals surface area contributed by atoms with Crippen LogP contribution in [0.15, 0.2) is 60.7 Å². The van der Waals surface area contributed by atoms with E-state index in [1.807, 2.05) is 54.6 Å². The molecular formula is C22H20N5O3-. The molecule has 0 fully saturated rings. The largest absolute Gasteiger partial charge is 0.497 e. The minimum atomic E-state index is -0.693. The van der Waals surface area contributed by atoms with Gasteiger partial charge in [-0.05, 0) is 29.5 Å². The van der Waals surface area contributed by atoms with Gasteiger partial charge in [0.15, 0.2) is 0 Å². The Balaban J connectivity index is 1.66. The van der Waals surface area contributed by atoms with Gasteiger partial charge in [-0.2, -0.15) is 5.21 Å². The Bertz CT molecular complexity index is 1160. The summed E-state index contributed by atoms with van der Waals surface area (Å²) in [5, 5.41) is 20.0. The van der Waals surface area contributed by atoms with Crippen LogP contribution in [-0.2, 0) is 11.2 Å². The second kappa shape index (κ2) is 8.60. The van der Waals surface area contributed by atoms with Gasteiger partial charge < -0.3 is 19.9 Å². The molecule has 152 valence electrons. The molecule has 0 aliphatic carbocycles. The van der Waals surface area contributed by atoms with Crippen molar-refractivity contribution in [1.29, 1.82) is 0 Å². The fourth-order valence-electron chi connectivity index (χ4n) is 3.39. The average molecular weight is 402 g/mol. The number of carbonyl (C=O) groups excluding carboxylic acids is 1. The van der Waals surface area contributed by atoms with Crippen LogP contribution >= 0.6 is 0 Å². The normalized spacial score (nSPS) is 11.8. The van der Waals surface area contributed by atoms with Gasteiger partial charge in [-0.25, -0.2) is 0 Å². The van der Waals surface area contributed by atoms with Crippen molar-refractivity contribution in [1.82, 2.24) is 20.6 Å². The smallest absolute Gasteiger partial charge is 0.232 e. The standard InChI is InChI=1S/C22H21N5O3/c1-29-16-11-10-15(20(13-16)30-2)12-18(21-24-26-27-25-21)22(28)23-19-9-5-7-14-6-3-4-8-17(14)19/h3-11,13,18H,12H2,1-2H3,(H2,23,24,25,26,27,28)/p-1/t18-/m1/s1. The minimum Gasteiger partial charge on any atom is -0.497 e. The number of anilines is 1. The van der Waals surface area contributed by atoms with E-state index in [-0.39, 0.29) is 11.7 Å². The van der Waals surface area contributed by atoms with Crippen LogP contribution in [0.25, 0.3) is 10.8 Å². The Morgan fingerprint density at radius 1 is 1.07 bits per heavy atom. The molecule has 0 unspecified atom stereocenters. The number of aromatic nitrogens is 4. The average Bonchev–Trinajstić information content (AvgIpc) is 3.32. The monoisotopic (exact) mass is 402 g/mol. The number of nitrogens with zero attached hydrogens (tertiary/aromatic N) is 4. The lowest BCUT2D eigenvalue weighted by Crippen LogP contribution is -2.25. The van der Waals surface area contributed by atoms with Gasteiger partial charge in [-0.1, -0.05) is 42.5 Å². The third-order valence-electron chi connectivity index (χ3n) is 4.93. The van der Waals surface area contributed by atoms with Crippen molar-refractivity contribution < 1.29 is 14.3 Å². The number of ether oxygens (including phenoxy) is 2. The Morgan fingerprint density at radius 3 is 2.67 bits per heavy atom. The molecule has 4 aromatic rings. The lowest BCUT2D eigenvalue weighted by atomic mass is 9.96. The molecule has 0 aliphatic rings. The molecule has 0 aliphatic heterocycles. The van der Waals surface area contributed by atoms with E-state index in [9.17, 15) is 4.79 Å². The number of hydrogen-bond acceptors (Lipinski definition) is 6. The molecule has 1 atom stereocenters. The summed E-state index contributed by atoms with van der Waals surface area (Å²) in [6.07, 6.45) is 0.317. The van der Waals surface area contributed by atoms with Crippen LogP contribution in [0.5, 0.6) is 11.5 Å². The van der Waals surface area contributed by atoms with Crippen molar-refractivity contribution in [2.75, 3.05) is 19.5 Å². The topological polar surface area (TPSA) is 100 Å². The molecule has 8 heteroatoms. The molecule has 1 heterocycles. The highest BCUT2D eigenvalue weighted by Gasteiger charge is 2.23. The van der Waals surface area contributed by atoms with Crippen LogP contribution in [-0.4, -0.2) is 35.7 Å². The summed E-state index contributed by atoms with van der Waals surface area (Å²) in [5.41, 5.74) is 1.54. The summed E-state index contributed by atoms with van der Waals surface area (Å²) < 4.78 is 10.7. The Hall–Kier alpha value is -3.94. The second-order valence-corrected chi connectivity index (χ2v) is 6.69. The predicted octanol–water partition coefficient (Wildman–Crippen LogP) is 2.96. The van der Waals surface area contributed by atoms with Crippen LogP contribution in [0.1, 0.15) is 17.3 Å². The van der Waals surface area contributed by atoms with E-state index in [1.54, 1.807) is 20.3 Å². The van der Waals surface area contributed by atoms with Crippen molar-refractivity contribution in [2.24, 2.45) is 0 Å². The van der Waals surface area contributed by atoms with Gasteiger partial charge >= 0.3 is 0 Å². The van der Waals surface area contributed by atoms with E-state index in [0.717, 1.165) is 22.0 Å². The SMILES string of the molecule is COc1ccc(C[C@@H](C(=O)Nc2cccc3ccccc23)c2nnn[n-]2)c(OC)c1. The van der Waals surface area contributed by atoms with Gasteiger partial charge in [-0.3, -0.25) is 15.1 Å². The minimum absolute atomic E-state index is 0.251. The van der Waals surface area contributed by atoms with Gasteiger partial charge in [0.1, 0.15) is 11.5 Å². The summed E-state index contributed by atoms with van der Waals surface area (Å²) in [7, 11) is 3.16. The van der Waals surface area contributed by atoms with E-state index in [4.69, 9.17) is 9.47 Å². The van der Waals surface area contributed by atoms with Crippen LogP contribution in [0.4, 0.5) is 5.69 Å². The maximum Gasteiger partial charge on any atom is 0.232 e. The van der Waals surface area contributed by atoms with Gasteiger partial charge in [0.05, 0.1) is 20.1 Å². The maximum atomic E-state index is 13.3. The number of carbonyl (C=O) groups is 1. The molecule has 1 amide bonds. The quantitative estimate of drug-likeness (QED) is 0.507. The zero-order chi connectivity index (χ0) is 20.9. The number of benzene rings is 3. The second-order valence-electron chi connectivity index (χ2n) is 6.69. The third kappa shape index (κ3) is 3.93. The highest BCUT2D eigenvalue weighted by molar-refractivity contribution is 6.04. The van der Waals surface area contributed by atoms with E-state index < -0.39 is 5.92 Å². The van der Waals surface area contributed by atoms with Crippen molar-refractivity contribution >= 4 is 22.4 Å². The lowest BCUT2D eigenvalue weighted by Gasteiger charge is -2.19. The van der Waals surface area contributed by atoms with Crippen LogP contribution in [0, 0.1) is 0 Å². The summed E-state index contributed by atoms with van der Waals surface area (Å²) >= 11 is 0. The van der Waals surface area contributed by atoms with E-state index in [1.165, 1.54) is 0 Å². The van der Waals surface area contributed by atoms with Crippen molar-refractivity contribution in [2.45, 2.75) is 12.3 Å². The molecule has 1 aromatic heterocycles. The predicted molar refractivity (Wildman–Crippen MR) is 112 cm³/mol. The Kier molecular flexibility index (Phi) is 5.56. The van der Waals surface area contributed by atoms with E-state index in [2.05, 4.69) is 25.9 Å². The summed E-state index contributed by atoms with van der Waals surface area (Å²) in [5.74, 6) is 0.593. The number of fused-ring (bicyclic) bond motifs is 1. The molecule has 0 bridgehead atoms. The third-order valence-corrected chi connectivity index (χ3v) is 4.93. The van der Waals surface area contributed by atoms with Crippen molar-refractivity contribution in [3.63, 3.8) is 0 Å². The van der Waals surface area contributed by atoms with Gasteiger partial charge in [-0.15, -0.1) is 0 Å². The van der Waals surface area contributed by atoms with Gasteiger partial charge in [0.2, 0.25) is 5.91 Å². The van der Waals surface area contributed by atoms with Gasteiger partial charge in [0, 0.05) is 23.0 Å². The first-order valence-corrected chi connectivity index (χ1v) is 9.37. The molecule has 0 saturated heterocycles. The lowest BCUT2D eigenvalue weighted by molar-refractivity contribution is -0.117. The first-order valence-electron chi connectivity index (χ1n) is 9.37. The molecular weight excluding hydrogens is 382 g/mol. The maximum absolute atomic E-state index is 13.3. The fraction of sp³-hybridized carbons (Fsp3) is 0.182. The van der Waals surface area contributed by atoms with E-state index in [0.29, 0.717) is 17.9 Å². The number of nitrogens with one attached hydrogen (secondary N) is 1. The highest BCUT2D eigenvalue weighted by atomic mass is 16.5. The van der Waals surface area contributed by atoms with Crippen LogP contribution in [0.2, 0.25) is 0 Å². The number of rotatable bonds is 7. The summed E-state index contributed by atoms with van der Waals surface area (Å²) in [4.78, 5) is 13.3. The van der Waals surface area contributed by atoms with Crippen LogP contribution in [0.3, 0.4) is 0 Å². The van der Waals surface area contributed by atoms with Crippen LogP contribution < -0.4 is 19.9 Å².